The van der Waals surface area contributed by atoms with Crippen molar-refractivity contribution in [2.45, 2.75) is 6.04 Å². The average molecular weight is 232 g/mol. The van der Waals surface area contributed by atoms with Crippen LogP contribution in [0.4, 0.5) is 4.79 Å². The molecule has 1 aromatic rings. The molecule has 4 nitrogen and oxygen atoms in total. The zero-order valence-corrected chi connectivity index (χ0v) is 8.56. The number of aromatic nitrogens is 1. The van der Waals surface area contributed by atoms with Gasteiger partial charge in [0.2, 0.25) is 0 Å². The molecule has 1 saturated heterocycles. The third-order valence-electron chi connectivity index (χ3n) is 1.99. The summed E-state index contributed by atoms with van der Waals surface area (Å²) >= 11 is 11.5. The Morgan fingerprint density at radius 1 is 1.43 bits per heavy atom. The zero-order chi connectivity index (χ0) is 10.1. The number of hydrogen-bond donors (Lipinski definition) is 2. The molecule has 2 amide bonds. The van der Waals surface area contributed by atoms with Crippen molar-refractivity contribution in [3.05, 3.63) is 28.0 Å². The number of nitrogens with one attached hydrogen (secondary N) is 2. The molecule has 0 unspecified atom stereocenters. The monoisotopic (exact) mass is 231 g/mol. The maximum atomic E-state index is 10.9. The van der Waals surface area contributed by atoms with Crippen LogP contribution in [0, 0.1) is 0 Å². The van der Waals surface area contributed by atoms with E-state index in [9.17, 15) is 4.79 Å². The number of amides is 2. The van der Waals surface area contributed by atoms with Crippen molar-refractivity contribution in [1.29, 1.82) is 0 Å². The van der Waals surface area contributed by atoms with Gasteiger partial charge in [0.05, 0.1) is 6.04 Å². The Bertz CT molecular complexity index is 383. The summed E-state index contributed by atoms with van der Waals surface area (Å²) < 4.78 is 0. The Kier molecular flexibility index (Phi) is 2.48. The molecule has 0 radical (unpaired) electrons. The van der Waals surface area contributed by atoms with Crippen molar-refractivity contribution in [3.8, 4) is 0 Å². The summed E-state index contributed by atoms with van der Waals surface area (Å²) in [6.45, 7) is 0.516. The van der Waals surface area contributed by atoms with Crippen molar-refractivity contribution in [2.24, 2.45) is 0 Å². The van der Waals surface area contributed by atoms with Crippen LogP contribution < -0.4 is 10.6 Å². The maximum absolute atomic E-state index is 10.9. The van der Waals surface area contributed by atoms with Crippen LogP contribution in [0.3, 0.4) is 0 Å². The number of pyridine rings is 1. The van der Waals surface area contributed by atoms with E-state index in [1.165, 1.54) is 0 Å². The SMILES string of the molecule is O=C1NC[C@H](c2ccc(Cl)nc2Cl)N1. The molecule has 0 spiro atoms. The summed E-state index contributed by atoms with van der Waals surface area (Å²) in [5.41, 5.74) is 0.773. The van der Waals surface area contributed by atoms with Crippen molar-refractivity contribution >= 4 is 29.2 Å². The first kappa shape index (κ1) is 9.55. The van der Waals surface area contributed by atoms with Crippen LogP contribution in [0.1, 0.15) is 11.6 Å². The number of urea groups is 1. The first-order valence-corrected chi connectivity index (χ1v) is 4.79. The molecule has 6 heteroatoms. The first-order chi connectivity index (χ1) is 6.66. The molecule has 1 atom stereocenters. The molecule has 14 heavy (non-hydrogen) atoms. The Hall–Kier alpha value is -1.000. The van der Waals surface area contributed by atoms with Gasteiger partial charge < -0.3 is 10.6 Å². The highest BCUT2D eigenvalue weighted by Gasteiger charge is 2.23. The molecule has 1 fully saturated rings. The van der Waals surface area contributed by atoms with Crippen molar-refractivity contribution < 1.29 is 4.79 Å². The fourth-order valence-electron chi connectivity index (χ4n) is 1.33. The van der Waals surface area contributed by atoms with Gasteiger partial charge in [-0.1, -0.05) is 29.3 Å². The average Bonchev–Trinajstić information content (AvgIpc) is 2.51. The van der Waals surface area contributed by atoms with E-state index in [1.807, 2.05) is 0 Å². The van der Waals surface area contributed by atoms with E-state index in [4.69, 9.17) is 23.2 Å². The normalized spacial score (nSPS) is 20.4. The molecule has 1 aliphatic heterocycles. The summed E-state index contributed by atoms with van der Waals surface area (Å²) in [5.74, 6) is 0. The lowest BCUT2D eigenvalue weighted by atomic mass is 10.1. The minimum atomic E-state index is -0.194. The molecule has 2 N–H and O–H groups in total. The second-order valence-electron chi connectivity index (χ2n) is 2.92. The fraction of sp³-hybridized carbons (Fsp3) is 0.250. The second kappa shape index (κ2) is 3.63. The van der Waals surface area contributed by atoms with Crippen LogP contribution in [0.2, 0.25) is 10.3 Å². The van der Waals surface area contributed by atoms with Crippen molar-refractivity contribution in [1.82, 2.24) is 15.6 Å². The Balaban J connectivity index is 2.28. The largest absolute Gasteiger partial charge is 0.336 e. The quantitative estimate of drug-likeness (QED) is 0.724. The smallest absolute Gasteiger partial charge is 0.315 e. The molecule has 1 aliphatic rings. The first-order valence-electron chi connectivity index (χ1n) is 4.03. The summed E-state index contributed by atoms with van der Waals surface area (Å²) in [4.78, 5) is 14.8. The third kappa shape index (κ3) is 1.76. The zero-order valence-electron chi connectivity index (χ0n) is 7.05. The molecule has 0 aromatic carbocycles. The van der Waals surface area contributed by atoms with Crippen LogP contribution >= 0.6 is 23.2 Å². The summed E-state index contributed by atoms with van der Waals surface area (Å²) in [6.07, 6.45) is 0. The van der Waals surface area contributed by atoms with Gasteiger partial charge >= 0.3 is 6.03 Å². The molecule has 0 aliphatic carbocycles. The number of halogens is 2. The van der Waals surface area contributed by atoms with Gasteiger partial charge in [-0.3, -0.25) is 0 Å². The molecule has 0 saturated carbocycles. The number of hydrogen-bond acceptors (Lipinski definition) is 2. The van der Waals surface area contributed by atoms with Crippen LogP contribution in [0.5, 0.6) is 0 Å². The Morgan fingerprint density at radius 2 is 2.21 bits per heavy atom. The van der Waals surface area contributed by atoms with Crippen LogP contribution in [0.25, 0.3) is 0 Å². The molecule has 1 aromatic heterocycles. The van der Waals surface area contributed by atoms with E-state index in [0.717, 1.165) is 5.56 Å². The second-order valence-corrected chi connectivity index (χ2v) is 3.67. The van der Waals surface area contributed by atoms with Gasteiger partial charge in [0, 0.05) is 12.1 Å². The van der Waals surface area contributed by atoms with Crippen molar-refractivity contribution in [2.75, 3.05) is 6.54 Å². The summed E-state index contributed by atoms with van der Waals surface area (Å²) in [5, 5.41) is 6.02. The van der Waals surface area contributed by atoms with Crippen LogP contribution in [0.15, 0.2) is 12.1 Å². The van der Waals surface area contributed by atoms with E-state index in [0.29, 0.717) is 16.9 Å². The number of rotatable bonds is 1. The topological polar surface area (TPSA) is 54.0 Å². The highest BCUT2D eigenvalue weighted by molar-refractivity contribution is 6.32. The molecule has 0 bridgehead atoms. The van der Waals surface area contributed by atoms with Gasteiger partial charge in [-0.05, 0) is 6.07 Å². The predicted molar refractivity (Wildman–Crippen MR) is 53.5 cm³/mol. The van der Waals surface area contributed by atoms with E-state index < -0.39 is 0 Å². The minimum Gasteiger partial charge on any atom is -0.336 e. The Morgan fingerprint density at radius 3 is 2.79 bits per heavy atom. The van der Waals surface area contributed by atoms with E-state index in [-0.39, 0.29) is 12.1 Å². The van der Waals surface area contributed by atoms with Crippen LogP contribution in [-0.2, 0) is 0 Å². The molecular weight excluding hydrogens is 225 g/mol. The minimum absolute atomic E-state index is 0.125. The van der Waals surface area contributed by atoms with Gasteiger partial charge in [0.1, 0.15) is 10.3 Å². The molecular formula is C8H7Cl2N3O. The van der Waals surface area contributed by atoms with E-state index in [2.05, 4.69) is 15.6 Å². The van der Waals surface area contributed by atoms with Gasteiger partial charge in [0.25, 0.3) is 0 Å². The summed E-state index contributed by atoms with van der Waals surface area (Å²) in [6, 6.07) is 3.09. The lowest BCUT2D eigenvalue weighted by molar-refractivity contribution is 0.247. The Labute approximate surface area is 90.6 Å². The highest BCUT2D eigenvalue weighted by Crippen LogP contribution is 2.24. The number of carbonyl (C=O) groups is 1. The van der Waals surface area contributed by atoms with Gasteiger partial charge in [-0.2, -0.15) is 0 Å². The predicted octanol–water partition coefficient (Wildman–Crippen LogP) is 1.74. The van der Waals surface area contributed by atoms with Gasteiger partial charge in [-0.15, -0.1) is 0 Å². The molecule has 2 rings (SSSR count). The van der Waals surface area contributed by atoms with E-state index in [1.54, 1.807) is 12.1 Å². The third-order valence-corrected chi connectivity index (χ3v) is 2.50. The van der Waals surface area contributed by atoms with Crippen molar-refractivity contribution in [3.63, 3.8) is 0 Å². The maximum Gasteiger partial charge on any atom is 0.315 e. The van der Waals surface area contributed by atoms with Gasteiger partial charge in [0.15, 0.2) is 0 Å². The lowest BCUT2D eigenvalue weighted by Crippen LogP contribution is -2.21. The van der Waals surface area contributed by atoms with Gasteiger partial charge in [-0.25, -0.2) is 9.78 Å². The van der Waals surface area contributed by atoms with Crippen LogP contribution in [-0.4, -0.2) is 17.6 Å². The number of nitrogens with zero attached hydrogens (tertiary/aromatic N) is 1. The summed E-state index contributed by atoms with van der Waals surface area (Å²) in [7, 11) is 0. The van der Waals surface area contributed by atoms with E-state index >= 15 is 0 Å². The fourth-order valence-corrected chi connectivity index (χ4v) is 1.80. The highest BCUT2D eigenvalue weighted by atomic mass is 35.5. The lowest BCUT2D eigenvalue weighted by Gasteiger charge is -2.09. The standard InChI is InChI=1S/C8H7Cl2N3O/c9-6-2-1-4(7(10)13-6)5-3-11-8(14)12-5/h1-2,5H,3H2,(H2,11,12,14)/t5-/m1/s1. The number of carbonyl (C=O) groups excluding carboxylic acids is 1. The molecule has 2 heterocycles. The molecule has 74 valence electrons.